The van der Waals surface area contributed by atoms with Gasteiger partial charge in [-0.05, 0) is 65.6 Å². The monoisotopic (exact) mass is 428 g/mol. The van der Waals surface area contributed by atoms with Gasteiger partial charge < -0.3 is 9.72 Å². The topological polar surface area (TPSA) is 68.2 Å². The molecule has 1 heterocycles. The average Bonchev–Trinajstić information content (AvgIpc) is 3.09. The molecule has 0 spiro atoms. The standard InChI is InChI=1S/C26H21FN2O3/c1-15-3-5-16(6-4-15)21-11-17-7-8-18(27)12-20(17)23(14-29(30)31)25-22-13-19(32-2)9-10-24(22)28-26(21)25/h3-13,23,28H,14H2,1-2H3. The lowest BCUT2D eigenvalue weighted by atomic mass is 9.87. The first-order valence-corrected chi connectivity index (χ1v) is 10.3. The number of H-pyrrole nitrogens is 1. The number of methoxy groups -OCH3 is 1. The van der Waals surface area contributed by atoms with Crippen molar-refractivity contribution in [3.63, 3.8) is 0 Å². The Kier molecular flexibility index (Phi) is 4.78. The number of hydrogen-bond donors (Lipinski definition) is 1. The first kappa shape index (κ1) is 20.0. The summed E-state index contributed by atoms with van der Waals surface area (Å²) in [5, 5.41) is 12.5. The second-order valence-electron chi connectivity index (χ2n) is 8.09. The van der Waals surface area contributed by atoms with E-state index in [0.717, 1.165) is 44.4 Å². The van der Waals surface area contributed by atoms with E-state index in [9.17, 15) is 14.5 Å². The van der Waals surface area contributed by atoms with Crippen LogP contribution < -0.4 is 4.74 Å². The van der Waals surface area contributed by atoms with Gasteiger partial charge in [0.2, 0.25) is 6.54 Å². The van der Waals surface area contributed by atoms with Gasteiger partial charge in [0.15, 0.2) is 0 Å². The van der Waals surface area contributed by atoms with Crippen LogP contribution in [0.4, 0.5) is 4.39 Å². The third-order valence-corrected chi connectivity index (χ3v) is 6.08. The molecule has 0 fully saturated rings. The Hall–Kier alpha value is -3.93. The highest BCUT2D eigenvalue weighted by Crippen LogP contribution is 2.44. The highest BCUT2D eigenvalue weighted by atomic mass is 19.1. The third kappa shape index (κ3) is 3.34. The Balaban J connectivity index is 1.88. The van der Waals surface area contributed by atoms with Gasteiger partial charge in [-0.1, -0.05) is 35.9 Å². The number of halogens is 1. The normalized spacial score (nSPS) is 15.0. The summed E-state index contributed by atoms with van der Waals surface area (Å²) >= 11 is 0. The maximum absolute atomic E-state index is 14.3. The molecule has 1 unspecified atom stereocenters. The number of fused-ring (bicyclic) bond motifs is 4. The second-order valence-corrected chi connectivity index (χ2v) is 8.09. The number of rotatable bonds is 4. The van der Waals surface area contributed by atoms with Crippen molar-refractivity contribution in [1.29, 1.82) is 0 Å². The molecule has 1 atom stereocenters. The number of aromatic nitrogens is 1. The molecule has 160 valence electrons. The molecule has 1 aliphatic rings. The van der Waals surface area contributed by atoms with E-state index in [2.05, 4.69) is 4.98 Å². The average molecular weight is 428 g/mol. The summed E-state index contributed by atoms with van der Waals surface area (Å²) in [4.78, 5) is 14.9. The van der Waals surface area contributed by atoms with E-state index < -0.39 is 11.7 Å². The summed E-state index contributed by atoms with van der Waals surface area (Å²) < 4.78 is 19.7. The summed E-state index contributed by atoms with van der Waals surface area (Å²) in [5.74, 6) is -0.377. The molecule has 6 heteroatoms. The van der Waals surface area contributed by atoms with Gasteiger partial charge in [-0.25, -0.2) is 4.39 Å². The van der Waals surface area contributed by atoms with Crippen LogP contribution in [0, 0.1) is 22.9 Å². The third-order valence-electron chi connectivity index (χ3n) is 6.08. The minimum absolute atomic E-state index is 0.334. The van der Waals surface area contributed by atoms with Crippen molar-refractivity contribution in [2.75, 3.05) is 13.7 Å². The number of nitrogens with one attached hydrogen (secondary N) is 1. The summed E-state index contributed by atoms with van der Waals surface area (Å²) in [6.45, 7) is 1.68. The molecule has 3 aromatic carbocycles. The van der Waals surface area contributed by atoms with Crippen LogP contribution in [0.2, 0.25) is 0 Å². The maximum Gasteiger partial charge on any atom is 0.214 e. The first-order valence-electron chi connectivity index (χ1n) is 10.3. The van der Waals surface area contributed by atoms with E-state index in [1.54, 1.807) is 13.2 Å². The molecule has 0 bridgehead atoms. The fourth-order valence-corrected chi connectivity index (χ4v) is 4.55. The number of aryl methyl sites for hydroxylation is 1. The molecule has 0 amide bonds. The van der Waals surface area contributed by atoms with Crippen LogP contribution in [0.5, 0.6) is 5.75 Å². The Morgan fingerprint density at radius 1 is 1.09 bits per heavy atom. The molecule has 4 aromatic rings. The van der Waals surface area contributed by atoms with Crippen LogP contribution in [-0.2, 0) is 0 Å². The summed E-state index contributed by atoms with van der Waals surface area (Å²) in [5.41, 5.74) is 6.84. The minimum atomic E-state index is -0.620. The van der Waals surface area contributed by atoms with Gasteiger partial charge in [0.05, 0.1) is 18.7 Å². The largest absolute Gasteiger partial charge is 0.497 e. The van der Waals surface area contributed by atoms with Crippen LogP contribution in [0.3, 0.4) is 0 Å². The number of nitro groups is 1. The highest BCUT2D eigenvalue weighted by molar-refractivity contribution is 6.00. The maximum atomic E-state index is 14.3. The zero-order valence-corrected chi connectivity index (χ0v) is 17.7. The van der Waals surface area contributed by atoms with E-state index in [1.165, 1.54) is 12.1 Å². The minimum Gasteiger partial charge on any atom is -0.497 e. The molecule has 32 heavy (non-hydrogen) atoms. The molecule has 0 radical (unpaired) electrons. The Morgan fingerprint density at radius 3 is 2.59 bits per heavy atom. The molecule has 0 saturated carbocycles. The summed E-state index contributed by atoms with van der Waals surface area (Å²) in [7, 11) is 1.59. The van der Waals surface area contributed by atoms with E-state index in [4.69, 9.17) is 4.74 Å². The molecule has 0 saturated heterocycles. The van der Waals surface area contributed by atoms with E-state index in [1.807, 2.05) is 55.5 Å². The van der Waals surface area contributed by atoms with E-state index in [0.29, 0.717) is 11.3 Å². The predicted octanol–water partition coefficient (Wildman–Crippen LogP) is 5.93. The number of benzene rings is 3. The van der Waals surface area contributed by atoms with Crippen molar-refractivity contribution < 1.29 is 14.1 Å². The zero-order valence-electron chi connectivity index (χ0n) is 17.7. The number of ether oxygens (including phenoxy) is 1. The van der Waals surface area contributed by atoms with Crippen LogP contribution in [0.1, 0.15) is 39.4 Å². The number of aromatic amines is 1. The van der Waals surface area contributed by atoms with Gasteiger partial charge in [0.1, 0.15) is 11.6 Å². The van der Waals surface area contributed by atoms with Crippen molar-refractivity contribution in [3.05, 3.63) is 110 Å². The number of nitrogens with zero attached hydrogens (tertiary/aromatic N) is 1. The Morgan fingerprint density at radius 2 is 1.88 bits per heavy atom. The lowest BCUT2D eigenvalue weighted by molar-refractivity contribution is -0.481. The Labute approximate surface area is 184 Å². The van der Waals surface area contributed by atoms with Crippen LogP contribution in [-0.4, -0.2) is 23.6 Å². The van der Waals surface area contributed by atoms with Gasteiger partial charge in [-0.15, -0.1) is 0 Å². The van der Waals surface area contributed by atoms with Gasteiger partial charge >= 0.3 is 0 Å². The first-order chi connectivity index (χ1) is 15.4. The SMILES string of the molecule is COc1ccc2[nH]c3c(c2c1)C(C[N+](=O)[O-])c1cc(F)ccc1C=C3c1ccc(C)cc1. The van der Waals surface area contributed by atoms with Gasteiger partial charge in [0.25, 0.3) is 0 Å². The van der Waals surface area contributed by atoms with Crippen molar-refractivity contribution in [2.45, 2.75) is 12.8 Å². The fraction of sp³-hybridized carbons (Fsp3) is 0.154. The van der Waals surface area contributed by atoms with E-state index >= 15 is 0 Å². The van der Waals surface area contributed by atoms with Gasteiger partial charge in [-0.2, -0.15) is 0 Å². The smallest absolute Gasteiger partial charge is 0.214 e. The summed E-state index contributed by atoms with van der Waals surface area (Å²) in [6, 6.07) is 18.3. The fourth-order valence-electron chi connectivity index (χ4n) is 4.55. The van der Waals surface area contributed by atoms with Crippen molar-refractivity contribution in [3.8, 4) is 5.75 Å². The van der Waals surface area contributed by atoms with E-state index in [-0.39, 0.29) is 11.5 Å². The molecular weight excluding hydrogens is 407 g/mol. The van der Waals surface area contributed by atoms with Crippen molar-refractivity contribution >= 4 is 22.6 Å². The van der Waals surface area contributed by atoms with Gasteiger partial charge in [-0.3, -0.25) is 10.1 Å². The molecule has 5 nitrogen and oxygen atoms in total. The van der Waals surface area contributed by atoms with Crippen LogP contribution in [0.25, 0.3) is 22.6 Å². The lowest BCUT2D eigenvalue weighted by Gasteiger charge is -2.16. The van der Waals surface area contributed by atoms with Crippen molar-refractivity contribution in [2.24, 2.45) is 0 Å². The summed E-state index contributed by atoms with van der Waals surface area (Å²) in [6.07, 6.45) is 1.99. The molecule has 1 aliphatic carbocycles. The predicted molar refractivity (Wildman–Crippen MR) is 123 cm³/mol. The van der Waals surface area contributed by atoms with Gasteiger partial charge in [0, 0.05) is 21.4 Å². The molecule has 0 aliphatic heterocycles. The second kappa shape index (κ2) is 7.64. The molecule has 1 N–H and O–H groups in total. The quantitative estimate of drug-likeness (QED) is 0.323. The van der Waals surface area contributed by atoms with Crippen molar-refractivity contribution in [1.82, 2.24) is 4.98 Å². The molecule has 5 rings (SSSR count). The zero-order chi connectivity index (χ0) is 22.4. The number of hydrogen-bond acceptors (Lipinski definition) is 3. The van der Waals surface area contributed by atoms with Crippen LogP contribution >= 0.6 is 0 Å². The molecular formula is C26H21FN2O3. The van der Waals surface area contributed by atoms with Crippen LogP contribution in [0.15, 0.2) is 60.7 Å². The lowest BCUT2D eigenvalue weighted by Crippen LogP contribution is -2.15. The molecule has 1 aromatic heterocycles. The highest BCUT2D eigenvalue weighted by Gasteiger charge is 2.32. The Bertz CT molecular complexity index is 1390.